The van der Waals surface area contributed by atoms with E-state index in [1.807, 2.05) is 24.3 Å². The van der Waals surface area contributed by atoms with Gasteiger partial charge in [-0.1, -0.05) is 18.2 Å². The number of para-hydroxylation sites is 1. The molecule has 18 heavy (non-hydrogen) atoms. The smallest absolute Gasteiger partial charge is 0.249 e. The first kappa shape index (κ1) is 11.1. The summed E-state index contributed by atoms with van der Waals surface area (Å²) in [4.78, 5) is 16.8. The molecule has 0 amide bonds. The number of pyridine rings is 1. The van der Waals surface area contributed by atoms with E-state index in [4.69, 9.17) is 0 Å². The number of H-pyrrole nitrogens is 1. The van der Waals surface area contributed by atoms with Crippen LogP contribution in [0.2, 0.25) is 0 Å². The predicted molar refractivity (Wildman–Crippen MR) is 74.4 cm³/mol. The van der Waals surface area contributed by atoms with Gasteiger partial charge in [0.25, 0.3) is 0 Å². The Bertz CT molecular complexity index is 669. The van der Waals surface area contributed by atoms with Crippen LogP contribution in [0.25, 0.3) is 17.0 Å². The topological polar surface area (TPSA) is 36.1 Å². The zero-order valence-corrected chi connectivity index (χ0v) is 10.4. The molecule has 1 N–H and O–H groups in total. The monoisotopic (exact) mass is 240 g/mol. The maximum atomic E-state index is 11.7. The standard InChI is InChI=1S/C15H16N2O/c1-17-8-4-5-12(17)9-11-10-15(18)16-14-7-3-2-6-13(11)14/h2-3,6-7,9-10H,4-5,8H2,1H3,(H,16,18)/b12-9-. The molecule has 92 valence electrons. The van der Waals surface area contributed by atoms with Crippen molar-refractivity contribution in [2.75, 3.05) is 13.6 Å². The van der Waals surface area contributed by atoms with Crippen LogP contribution in [0.4, 0.5) is 0 Å². The van der Waals surface area contributed by atoms with Crippen LogP contribution in [0, 0.1) is 0 Å². The van der Waals surface area contributed by atoms with E-state index in [0.717, 1.165) is 29.4 Å². The van der Waals surface area contributed by atoms with Gasteiger partial charge in [-0.15, -0.1) is 0 Å². The quantitative estimate of drug-likeness (QED) is 0.831. The van der Waals surface area contributed by atoms with E-state index < -0.39 is 0 Å². The molecular weight excluding hydrogens is 224 g/mol. The number of aromatic amines is 1. The summed E-state index contributed by atoms with van der Waals surface area (Å²) in [7, 11) is 2.11. The van der Waals surface area contributed by atoms with E-state index in [1.54, 1.807) is 6.07 Å². The molecule has 0 saturated carbocycles. The van der Waals surface area contributed by atoms with Gasteiger partial charge in [0.05, 0.1) is 0 Å². The second-order valence-corrected chi connectivity index (χ2v) is 4.80. The molecule has 3 rings (SSSR count). The van der Waals surface area contributed by atoms with Gasteiger partial charge in [-0.2, -0.15) is 0 Å². The average Bonchev–Trinajstić information content (AvgIpc) is 2.75. The first-order valence-corrected chi connectivity index (χ1v) is 6.28. The number of hydrogen-bond acceptors (Lipinski definition) is 2. The van der Waals surface area contributed by atoms with Crippen molar-refractivity contribution in [3.05, 3.63) is 51.9 Å². The van der Waals surface area contributed by atoms with Crippen molar-refractivity contribution in [3.63, 3.8) is 0 Å². The molecule has 1 saturated heterocycles. The minimum absolute atomic E-state index is 0.0406. The van der Waals surface area contributed by atoms with E-state index in [1.165, 1.54) is 12.1 Å². The highest BCUT2D eigenvalue weighted by Crippen LogP contribution is 2.24. The Labute approximate surface area is 106 Å². The number of aromatic nitrogens is 1. The van der Waals surface area contributed by atoms with Crippen LogP contribution < -0.4 is 5.56 Å². The maximum Gasteiger partial charge on any atom is 0.249 e. The number of rotatable bonds is 1. The number of likely N-dealkylation sites (tertiary alicyclic amines) is 1. The Balaban J connectivity index is 2.19. The summed E-state index contributed by atoms with van der Waals surface area (Å²) in [5.74, 6) is 0. The third-order valence-electron chi connectivity index (χ3n) is 3.52. The van der Waals surface area contributed by atoms with Crippen molar-refractivity contribution in [3.8, 4) is 0 Å². The van der Waals surface area contributed by atoms with Crippen LogP contribution in [0.5, 0.6) is 0 Å². The average molecular weight is 240 g/mol. The Morgan fingerprint density at radius 1 is 1.33 bits per heavy atom. The molecular formula is C15H16N2O. The lowest BCUT2D eigenvalue weighted by atomic mass is 10.1. The first-order chi connectivity index (χ1) is 8.74. The highest BCUT2D eigenvalue weighted by molar-refractivity contribution is 5.87. The van der Waals surface area contributed by atoms with Crippen LogP contribution in [0.15, 0.2) is 40.8 Å². The zero-order valence-electron chi connectivity index (χ0n) is 10.4. The summed E-state index contributed by atoms with van der Waals surface area (Å²) in [5, 5.41) is 1.10. The van der Waals surface area contributed by atoms with Gasteiger partial charge in [0.2, 0.25) is 5.56 Å². The van der Waals surface area contributed by atoms with E-state index >= 15 is 0 Å². The normalized spacial score (nSPS) is 17.8. The molecule has 0 radical (unpaired) electrons. The van der Waals surface area contributed by atoms with Crippen LogP contribution in [-0.4, -0.2) is 23.5 Å². The van der Waals surface area contributed by atoms with Crippen LogP contribution >= 0.6 is 0 Å². The van der Waals surface area contributed by atoms with Crippen molar-refractivity contribution >= 4 is 17.0 Å². The number of fused-ring (bicyclic) bond motifs is 1. The van der Waals surface area contributed by atoms with Gasteiger partial charge < -0.3 is 9.88 Å². The molecule has 3 nitrogen and oxygen atoms in total. The summed E-state index contributed by atoms with van der Waals surface area (Å²) in [6, 6.07) is 9.61. The van der Waals surface area contributed by atoms with Crippen molar-refractivity contribution in [1.82, 2.24) is 9.88 Å². The van der Waals surface area contributed by atoms with Gasteiger partial charge in [-0.05, 0) is 30.5 Å². The third kappa shape index (κ3) is 1.92. The Morgan fingerprint density at radius 3 is 2.94 bits per heavy atom. The fourth-order valence-electron chi connectivity index (χ4n) is 2.54. The molecule has 0 spiro atoms. The van der Waals surface area contributed by atoms with Gasteiger partial charge in [-0.25, -0.2) is 0 Å². The van der Waals surface area contributed by atoms with E-state index in [-0.39, 0.29) is 5.56 Å². The molecule has 3 heteroatoms. The zero-order chi connectivity index (χ0) is 12.5. The summed E-state index contributed by atoms with van der Waals surface area (Å²) in [5.41, 5.74) is 3.18. The van der Waals surface area contributed by atoms with E-state index in [2.05, 4.69) is 23.0 Å². The molecule has 2 aromatic rings. The van der Waals surface area contributed by atoms with Gasteiger partial charge in [0, 0.05) is 36.3 Å². The van der Waals surface area contributed by atoms with Gasteiger partial charge in [0.15, 0.2) is 0 Å². The minimum Gasteiger partial charge on any atom is -0.378 e. The van der Waals surface area contributed by atoms with E-state index in [9.17, 15) is 4.79 Å². The molecule has 1 aromatic heterocycles. The number of hydrogen-bond donors (Lipinski definition) is 1. The SMILES string of the molecule is CN1CCC/C1=C/c1cc(=O)[nH]c2ccccc12. The molecule has 0 atom stereocenters. The Hall–Kier alpha value is -2.03. The van der Waals surface area contributed by atoms with Gasteiger partial charge >= 0.3 is 0 Å². The minimum atomic E-state index is -0.0406. The largest absolute Gasteiger partial charge is 0.378 e. The second-order valence-electron chi connectivity index (χ2n) is 4.80. The third-order valence-corrected chi connectivity index (χ3v) is 3.52. The number of benzene rings is 1. The molecule has 1 aliphatic rings. The lowest BCUT2D eigenvalue weighted by Crippen LogP contribution is -2.10. The fraction of sp³-hybridized carbons (Fsp3) is 0.267. The number of nitrogens with zero attached hydrogens (tertiary/aromatic N) is 1. The number of allylic oxidation sites excluding steroid dienone is 1. The summed E-state index contributed by atoms with van der Waals surface area (Å²) in [6.45, 7) is 1.10. The van der Waals surface area contributed by atoms with Crippen molar-refractivity contribution < 1.29 is 0 Å². The molecule has 1 fully saturated rings. The maximum absolute atomic E-state index is 11.7. The van der Waals surface area contributed by atoms with Crippen molar-refractivity contribution in [2.24, 2.45) is 0 Å². The predicted octanol–water partition coefficient (Wildman–Crippen LogP) is 2.59. The van der Waals surface area contributed by atoms with Gasteiger partial charge in [-0.3, -0.25) is 4.79 Å². The molecule has 1 aliphatic heterocycles. The van der Waals surface area contributed by atoms with Crippen molar-refractivity contribution in [1.29, 1.82) is 0 Å². The summed E-state index contributed by atoms with van der Waals surface area (Å²) in [6.07, 6.45) is 4.44. The van der Waals surface area contributed by atoms with Crippen LogP contribution in [-0.2, 0) is 0 Å². The summed E-state index contributed by atoms with van der Waals surface area (Å²) < 4.78 is 0. The second kappa shape index (κ2) is 4.33. The molecule has 0 bridgehead atoms. The highest BCUT2D eigenvalue weighted by Gasteiger charge is 2.12. The highest BCUT2D eigenvalue weighted by atomic mass is 16.1. The van der Waals surface area contributed by atoms with Crippen molar-refractivity contribution in [2.45, 2.75) is 12.8 Å². The Kier molecular flexibility index (Phi) is 2.67. The summed E-state index contributed by atoms with van der Waals surface area (Å²) >= 11 is 0. The molecule has 2 heterocycles. The van der Waals surface area contributed by atoms with Crippen LogP contribution in [0.3, 0.4) is 0 Å². The lowest BCUT2D eigenvalue weighted by Gasteiger charge is -2.12. The Morgan fingerprint density at radius 2 is 2.17 bits per heavy atom. The van der Waals surface area contributed by atoms with Crippen LogP contribution in [0.1, 0.15) is 18.4 Å². The molecule has 0 unspecified atom stereocenters. The molecule has 0 aliphatic carbocycles. The first-order valence-electron chi connectivity index (χ1n) is 6.28. The van der Waals surface area contributed by atoms with E-state index in [0.29, 0.717) is 0 Å². The van der Waals surface area contributed by atoms with Gasteiger partial charge in [0.1, 0.15) is 0 Å². The lowest BCUT2D eigenvalue weighted by molar-refractivity contribution is 0.484. The fourth-order valence-corrected chi connectivity index (χ4v) is 2.54. The number of nitrogens with one attached hydrogen (secondary N) is 1. The molecule has 1 aromatic carbocycles.